The van der Waals surface area contributed by atoms with Crippen LogP contribution in [0.2, 0.25) is 0 Å². The largest absolute Gasteiger partial charge is 0.485 e. The van der Waals surface area contributed by atoms with Gasteiger partial charge in [0.2, 0.25) is 5.60 Å². The van der Waals surface area contributed by atoms with Crippen molar-refractivity contribution in [3.05, 3.63) is 60.2 Å². The molecule has 21 heavy (non-hydrogen) atoms. The molecule has 1 aliphatic rings. The average molecular weight is 328 g/mol. The summed E-state index contributed by atoms with van der Waals surface area (Å²) < 4.78 is 11.5. The molecule has 1 unspecified atom stereocenters. The summed E-state index contributed by atoms with van der Waals surface area (Å²) in [6, 6.07) is 16.4. The Kier molecular flexibility index (Phi) is 5.47. The Balaban J connectivity index is 0.00000110. The van der Waals surface area contributed by atoms with Crippen molar-refractivity contribution in [3.63, 3.8) is 0 Å². The number of fused-ring (bicyclic) bond motifs is 1. The van der Waals surface area contributed by atoms with Gasteiger partial charge in [-0.2, -0.15) is 0 Å². The fourth-order valence-corrected chi connectivity index (χ4v) is 2.16. The van der Waals surface area contributed by atoms with E-state index in [2.05, 4.69) is 0 Å². The minimum Gasteiger partial charge on any atom is -0.485 e. The number of nitrogens with two attached hydrogens (primary N) is 1. The van der Waals surface area contributed by atoms with Crippen molar-refractivity contribution in [2.75, 3.05) is 6.61 Å². The predicted octanol–water partition coefficient (Wildman–Crippen LogP) is 2.68. The highest BCUT2D eigenvalue weighted by Gasteiger charge is 2.45. The molecular formula is C15H15Cl2NO3. The Morgan fingerprint density at radius 3 is 2.14 bits per heavy atom. The van der Waals surface area contributed by atoms with Gasteiger partial charge in [-0.25, -0.2) is 0 Å². The zero-order valence-electron chi connectivity index (χ0n) is 11.0. The van der Waals surface area contributed by atoms with E-state index < -0.39 is 11.5 Å². The second kappa shape index (κ2) is 6.70. The third kappa shape index (κ3) is 2.91. The van der Waals surface area contributed by atoms with Gasteiger partial charge in [-0.15, -0.1) is 24.8 Å². The molecule has 1 aliphatic heterocycles. The van der Waals surface area contributed by atoms with E-state index in [-0.39, 0.29) is 31.4 Å². The molecule has 112 valence electrons. The van der Waals surface area contributed by atoms with Crippen LogP contribution in [-0.2, 0) is 10.4 Å². The maximum absolute atomic E-state index is 11.9. The number of carbonyl (C=O) groups excluding carboxylic acids is 1. The molecule has 2 N–H and O–H groups in total. The smallest absolute Gasteiger partial charge is 0.270 e. The molecule has 1 amide bonds. The van der Waals surface area contributed by atoms with Gasteiger partial charge in [0.05, 0.1) is 0 Å². The van der Waals surface area contributed by atoms with E-state index in [0.29, 0.717) is 17.1 Å². The fraction of sp³-hybridized carbons (Fsp3) is 0.133. The molecule has 6 heteroatoms. The number of amides is 1. The minimum atomic E-state index is -1.27. The van der Waals surface area contributed by atoms with Crippen molar-refractivity contribution in [1.82, 2.24) is 0 Å². The molecule has 0 saturated carbocycles. The first-order valence-corrected chi connectivity index (χ1v) is 5.99. The summed E-state index contributed by atoms with van der Waals surface area (Å²) in [6.07, 6.45) is 0. The van der Waals surface area contributed by atoms with Crippen molar-refractivity contribution < 1.29 is 14.3 Å². The maximum Gasteiger partial charge on any atom is 0.270 e. The number of hydrogen-bond acceptors (Lipinski definition) is 3. The molecule has 4 nitrogen and oxygen atoms in total. The van der Waals surface area contributed by atoms with Gasteiger partial charge in [0.15, 0.2) is 11.5 Å². The van der Waals surface area contributed by atoms with Gasteiger partial charge >= 0.3 is 0 Å². The van der Waals surface area contributed by atoms with Crippen LogP contribution in [0.15, 0.2) is 54.6 Å². The summed E-state index contributed by atoms with van der Waals surface area (Å²) in [4.78, 5) is 11.9. The molecular weight excluding hydrogens is 313 g/mol. The molecule has 2 aromatic rings. The topological polar surface area (TPSA) is 61.6 Å². The summed E-state index contributed by atoms with van der Waals surface area (Å²) in [7, 11) is 0. The first-order chi connectivity index (χ1) is 9.22. The normalized spacial score (nSPS) is 18.9. The van der Waals surface area contributed by atoms with Crippen LogP contribution >= 0.6 is 24.8 Å². The number of rotatable bonds is 2. The lowest BCUT2D eigenvalue weighted by atomic mass is 9.92. The van der Waals surface area contributed by atoms with Crippen LogP contribution in [0.4, 0.5) is 0 Å². The minimum absolute atomic E-state index is 0. The number of primary amides is 1. The van der Waals surface area contributed by atoms with Gasteiger partial charge < -0.3 is 15.2 Å². The number of ether oxygens (including phenoxy) is 2. The van der Waals surface area contributed by atoms with Gasteiger partial charge in [0, 0.05) is 5.56 Å². The maximum atomic E-state index is 11.9. The van der Waals surface area contributed by atoms with Crippen LogP contribution in [-0.4, -0.2) is 12.5 Å². The lowest BCUT2D eigenvalue weighted by Crippen LogP contribution is -2.52. The lowest BCUT2D eigenvalue weighted by Gasteiger charge is -2.36. The molecule has 2 aromatic carbocycles. The second-order valence-corrected chi connectivity index (χ2v) is 4.39. The van der Waals surface area contributed by atoms with Gasteiger partial charge in [-0.3, -0.25) is 4.79 Å². The molecule has 0 spiro atoms. The molecule has 0 bridgehead atoms. The van der Waals surface area contributed by atoms with Crippen molar-refractivity contribution in [2.45, 2.75) is 5.60 Å². The van der Waals surface area contributed by atoms with E-state index >= 15 is 0 Å². The van der Waals surface area contributed by atoms with Crippen molar-refractivity contribution in [1.29, 1.82) is 0 Å². The highest BCUT2D eigenvalue weighted by atomic mass is 35.5. The molecule has 1 atom stereocenters. The molecule has 1 heterocycles. The van der Waals surface area contributed by atoms with Crippen LogP contribution in [0, 0.1) is 0 Å². The molecule has 3 rings (SSSR count). The Bertz CT molecular complexity index is 621. The number of para-hydroxylation sites is 2. The fourth-order valence-electron chi connectivity index (χ4n) is 2.16. The predicted molar refractivity (Wildman–Crippen MR) is 84.4 cm³/mol. The highest BCUT2D eigenvalue weighted by Crippen LogP contribution is 2.39. The van der Waals surface area contributed by atoms with E-state index in [1.807, 2.05) is 42.5 Å². The first-order valence-electron chi connectivity index (χ1n) is 5.99. The standard InChI is InChI=1S/C15H13NO3.2ClH/c16-14(17)15(11-6-2-1-3-7-11)10-18-12-8-4-5-9-13(12)19-15;;/h1-9H,10H2,(H2,16,17);2*1H. The van der Waals surface area contributed by atoms with Crippen LogP contribution in [0.5, 0.6) is 11.5 Å². The lowest BCUT2D eigenvalue weighted by molar-refractivity contribution is -0.139. The Labute approximate surface area is 135 Å². The van der Waals surface area contributed by atoms with Gasteiger partial charge in [0.25, 0.3) is 5.91 Å². The summed E-state index contributed by atoms with van der Waals surface area (Å²) in [6.45, 7) is 0.0728. The molecule has 0 saturated heterocycles. The van der Waals surface area contributed by atoms with Crippen molar-refractivity contribution >= 4 is 30.7 Å². The Morgan fingerprint density at radius 1 is 0.952 bits per heavy atom. The van der Waals surface area contributed by atoms with Crippen LogP contribution < -0.4 is 15.2 Å². The number of hydrogen-bond donors (Lipinski definition) is 1. The first kappa shape index (κ1) is 17.1. The average Bonchev–Trinajstić information content (AvgIpc) is 2.47. The zero-order chi connectivity index (χ0) is 13.3. The molecule has 0 aromatic heterocycles. The summed E-state index contributed by atoms with van der Waals surface area (Å²) in [5, 5.41) is 0. The second-order valence-electron chi connectivity index (χ2n) is 4.39. The van der Waals surface area contributed by atoms with Crippen LogP contribution in [0.25, 0.3) is 0 Å². The van der Waals surface area contributed by atoms with Gasteiger partial charge in [-0.05, 0) is 12.1 Å². The molecule has 0 aliphatic carbocycles. The number of benzene rings is 2. The van der Waals surface area contributed by atoms with E-state index in [1.54, 1.807) is 12.1 Å². The van der Waals surface area contributed by atoms with E-state index in [4.69, 9.17) is 15.2 Å². The van der Waals surface area contributed by atoms with E-state index in [0.717, 1.165) is 0 Å². The van der Waals surface area contributed by atoms with Crippen molar-refractivity contribution in [2.24, 2.45) is 5.73 Å². The molecule has 0 fully saturated rings. The SMILES string of the molecule is Cl.Cl.NC(=O)C1(c2ccccc2)COc2ccccc2O1. The van der Waals surface area contributed by atoms with Crippen molar-refractivity contribution in [3.8, 4) is 11.5 Å². The van der Waals surface area contributed by atoms with Crippen LogP contribution in [0.3, 0.4) is 0 Å². The zero-order valence-corrected chi connectivity index (χ0v) is 12.7. The third-order valence-electron chi connectivity index (χ3n) is 3.20. The highest BCUT2D eigenvalue weighted by molar-refractivity contribution is 5.86. The number of halogens is 2. The summed E-state index contributed by atoms with van der Waals surface area (Å²) in [5.41, 5.74) is 4.97. The summed E-state index contributed by atoms with van der Waals surface area (Å²) >= 11 is 0. The van der Waals surface area contributed by atoms with Gasteiger partial charge in [-0.1, -0.05) is 42.5 Å². The van der Waals surface area contributed by atoms with E-state index in [1.165, 1.54) is 0 Å². The Hall–Kier alpha value is -1.91. The van der Waals surface area contributed by atoms with E-state index in [9.17, 15) is 4.79 Å². The summed E-state index contributed by atoms with van der Waals surface area (Å²) in [5.74, 6) is 0.583. The molecule has 0 radical (unpaired) electrons. The Morgan fingerprint density at radius 2 is 1.52 bits per heavy atom. The van der Waals surface area contributed by atoms with Gasteiger partial charge in [0.1, 0.15) is 6.61 Å². The third-order valence-corrected chi connectivity index (χ3v) is 3.20. The monoisotopic (exact) mass is 327 g/mol. The number of carbonyl (C=O) groups is 1. The quantitative estimate of drug-likeness (QED) is 0.922. The van der Waals surface area contributed by atoms with Crippen LogP contribution in [0.1, 0.15) is 5.56 Å².